The van der Waals surface area contributed by atoms with Gasteiger partial charge in [-0.3, -0.25) is 0 Å². The molecule has 0 aromatic carbocycles. The third kappa shape index (κ3) is 4.21. The maximum atomic E-state index is 5.56. The summed E-state index contributed by atoms with van der Waals surface area (Å²) in [5.74, 6) is 1.64. The lowest BCUT2D eigenvalue weighted by atomic mass is 10.2. The van der Waals surface area contributed by atoms with E-state index in [0.29, 0.717) is 5.92 Å². The van der Waals surface area contributed by atoms with Crippen LogP contribution in [0.2, 0.25) is 0 Å². The zero-order valence-electron chi connectivity index (χ0n) is 9.86. The maximum Gasteiger partial charge on any atom is 0.145 e. The monoisotopic (exact) mass is 334 g/mol. The van der Waals surface area contributed by atoms with Crippen LogP contribution in [0.5, 0.6) is 0 Å². The summed E-state index contributed by atoms with van der Waals surface area (Å²) in [4.78, 5) is 10.7. The van der Waals surface area contributed by atoms with Crippen LogP contribution in [-0.4, -0.2) is 29.6 Å². The first kappa shape index (κ1) is 13.6. The lowest BCUT2D eigenvalue weighted by molar-refractivity contribution is 0.595. The standard InChI is InChI=1S/C11H19IN4/c1-9(2)7-16(5-3-4-13)11-10(12)6-14-8-15-11/h6,8-9H,3-5,7,13H2,1-2H3. The normalized spacial score (nSPS) is 10.8. The Hall–Kier alpha value is -0.430. The molecule has 0 saturated heterocycles. The van der Waals surface area contributed by atoms with Crippen molar-refractivity contribution in [3.05, 3.63) is 16.1 Å². The summed E-state index contributed by atoms with van der Waals surface area (Å²) in [5.41, 5.74) is 5.56. The summed E-state index contributed by atoms with van der Waals surface area (Å²) in [6, 6.07) is 0. The molecule has 5 heteroatoms. The van der Waals surface area contributed by atoms with Crippen LogP contribution < -0.4 is 10.6 Å². The van der Waals surface area contributed by atoms with Crippen molar-refractivity contribution in [2.75, 3.05) is 24.5 Å². The van der Waals surface area contributed by atoms with Gasteiger partial charge in [-0.2, -0.15) is 0 Å². The van der Waals surface area contributed by atoms with E-state index in [2.05, 4.69) is 51.3 Å². The molecule has 0 aliphatic rings. The van der Waals surface area contributed by atoms with Gasteiger partial charge in [-0.1, -0.05) is 13.8 Å². The summed E-state index contributed by atoms with van der Waals surface area (Å²) < 4.78 is 1.10. The quantitative estimate of drug-likeness (QED) is 0.808. The van der Waals surface area contributed by atoms with Gasteiger partial charge >= 0.3 is 0 Å². The number of aromatic nitrogens is 2. The van der Waals surface area contributed by atoms with Crippen molar-refractivity contribution in [1.82, 2.24) is 9.97 Å². The molecule has 0 amide bonds. The average Bonchev–Trinajstić information content (AvgIpc) is 2.24. The van der Waals surface area contributed by atoms with E-state index in [4.69, 9.17) is 5.73 Å². The minimum absolute atomic E-state index is 0.614. The molecule has 16 heavy (non-hydrogen) atoms. The topological polar surface area (TPSA) is 55.0 Å². The van der Waals surface area contributed by atoms with Gasteiger partial charge in [0.25, 0.3) is 0 Å². The fourth-order valence-corrected chi connectivity index (χ4v) is 2.19. The summed E-state index contributed by atoms with van der Waals surface area (Å²) in [7, 11) is 0. The molecule has 4 nitrogen and oxygen atoms in total. The highest BCUT2D eigenvalue weighted by Gasteiger charge is 2.12. The van der Waals surface area contributed by atoms with Gasteiger partial charge in [0, 0.05) is 19.3 Å². The summed E-state index contributed by atoms with van der Waals surface area (Å²) in [6.07, 6.45) is 4.44. The molecule has 0 aliphatic carbocycles. The highest BCUT2D eigenvalue weighted by molar-refractivity contribution is 14.1. The van der Waals surface area contributed by atoms with Crippen molar-refractivity contribution in [3.63, 3.8) is 0 Å². The number of rotatable bonds is 6. The number of anilines is 1. The van der Waals surface area contributed by atoms with Crippen molar-refractivity contribution in [3.8, 4) is 0 Å². The van der Waals surface area contributed by atoms with E-state index in [1.165, 1.54) is 0 Å². The molecule has 0 unspecified atom stereocenters. The van der Waals surface area contributed by atoms with E-state index in [1.54, 1.807) is 6.33 Å². The van der Waals surface area contributed by atoms with Crippen molar-refractivity contribution in [2.45, 2.75) is 20.3 Å². The Morgan fingerprint density at radius 2 is 2.25 bits per heavy atom. The SMILES string of the molecule is CC(C)CN(CCCN)c1ncncc1I. The van der Waals surface area contributed by atoms with Crippen LogP contribution in [0, 0.1) is 9.49 Å². The van der Waals surface area contributed by atoms with E-state index in [-0.39, 0.29) is 0 Å². The van der Waals surface area contributed by atoms with Crippen LogP contribution in [0.25, 0.3) is 0 Å². The highest BCUT2D eigenvalue weighted by Crippen LogP contribution is 2.19. The average molecular weight is 334 g/mol. The number of halogens is 1. The second-order valence-corrected chi connectivity index (χ2v) is 5.34. The minimum Gasteiger partial charge on any atom is -0.355 e. The van der Waals surface area contributed by atoms with E-state index >= 15 is 0 Å². The van der Waals surface area contributed by atoms with E-state index in [0.717, 1.165) is 35.4 Å². The Bertz CT molecular complexity index is 317. The Labute approximate surface area is 111 Å². The molecule has 0 saturated carbocycles. The van der Waals surface area contributed by atoms with Crippen LogP contribution in [-0.2, 0) is 0 Å². The van der Waals surface area contributed by atoms with Crippen molar-refractivity contribution in [2.24, 2.45) is 11.7 Å². The molecule has 0 radical (unpaired) electrons. The lowest BCUT2D eigenvalue weighted by Crippen LogP contribution is -2.31. The van der Waals surface area contributed by atoms with Crippen LogP contribution in [0.4, 0.5) is 5.82 Å². The van der Waals surface area contributed by atoms with Gasteiger partial charge in [0.15, 0.2) is 0 Å². The van der Waals surface area contributed by atoms with Crippen LogP contribution in [0.3, 0.4) is 0 Å². The Balaban J connectivity index is 2.78. The Kier molecular flexibility index (Phi) is 5.97. The number of nitrogens with zero attached hydrogens (tertiary/aromatic N) is 3. The van der Waals surface area contributed by atoms with Crippen LogP contribution >= 0.6 is 22.6 Å². The zero-order valence-corrected chi connectivity index (χ0v) is 12.0. The second-order valence-electron chi connectivity index (χ2n) is 4.18. The van der Waals surface area contributed by atoms with E-state index in [9.17, 15) is 0 Å². The largest absolute Gasteiger partial charge is 0.355 e. The maximum absolute atomic E-state index is 5.56. The number of hydrogen-bond acceptors (Lipinski definition) is 4. The molecule has 1 aromatic rings. The fraction of sp³-hybridized carbons (Fsp3) is 0.636. The van der Waals surface area contributed by atoms with Crippen molar-refractivity contribution >= 4 is 28.4 Å². The van der Waals surface area contributed by atoms with E-state index < -0.39 is 0 Å². The molecule has 0 fully saturated rings. The number of nitrogens with two attached hydrogens (primary N) is 1. The van der Waals surface area contributed by atoms with Gasteiger partial charge in [-0.05, 0) is 41.5 Å². The van der Waals surface area contributed by atoms with Crippen molar-refractivity contribution < 1.29 is 0 Å². The first-order valence-corrected chi connectivity index (χ1v) is 6.63. The van der Waals surface area contributed by atoms with Gasteiger partial charge in [0.1, 0.15) is 12.1 Å². The zero-order chi connectivity index (χ0) is 12.0. The van der Waals surface area contributed by atoms with E-state index in [1.807, 2.05) is 6.20 Å². The van der Waals surface area contributed by atoms with Crippen LogP contribution in [0.15, 0.2) is 12.5 Å². The highest BCUT2D eigenvalue weighted by atomic mass is 127. The predicted octanol–water partition coefficient (Wildman–Crippen LogP) is 1.89. The predicted molar refractivity (Wildman–Crippen MR) is 75.5 cm³/mol. The molecule has 1 aromatic heterocycles. The molecule has 2 N–H and O–H groups in total. The molecule has 90 valence electrons. The first-order valence-electron chi connectivity index (χ1n) is 5.55. The summed E-state index contributed by atoms with van der Waals surface area (Å²) in [6.45, 7) is 7.11. The first-order chi connectivity index (χ1) is 7.65. The van der Waals surface area contributed by atoms with Crippen LogP contribution in [0.1, 0.15) is 20.3 Å². The molecule has 0 bridgehead atoms. The summed E-state index contributed by atoms with van der Waals surface area (Å²) in [5, 5.41) is 0. The Morgan fingerprint density at radius 1 is 1.50 bits per heavy atom. The Morgan fingerprint density at radius 3 is 2.81 bits per heavy atom. The molecule has 1 heterocycles. The minimum atomic E-state index is 0.614. The van der Waals surface area contributed by atoms with Gasteiger partial charge in [0.05, 0.1) is 3.57 Å². The molecule has 0 atom stereocenters. The third-order valence-electron chi connectivity index (χ3n) is 2.17. The molecular formula is C11H19IN4. The second kappa shape index (κ2) is 7.01. The smallest absolute Gasteiger partial charge is 0.145 e. The van der Waals surface area contributed by atoms with Gasteiger partial charge < -0.3 is 10.6 Å². The summed E-state index contributed by atoms with van der Waals surface area (Å²) >= 11 is 2.28. The van der Waals surface area contributed by atoms with Crippen molar-refractivity contribution in [1.29, 1.82) is 0 Å². The number of hydrogen-bond donors (Lipinski definition) is 1. The van der Waals surface area contributed by atoms with Gasteiger partial charge in [-0.25, -0.2) is 9.97 Å². The third-order valence-corrected chi connectivity index (χ3v) is 2.93. The van der Waals surface area contributed by atoms with Gasteiger partial charge in [0.2, 0.25) is 0 Å². The molecule has 1 rings (SSSR count). The molecule has 0 spiro atoms. The van der Waals surface area contributed by atoms with Gasteiger partial charge in [-0.15, -0.1) is 0 Å². The molecular weight excluding hydrogens is 315 g/mol. The molecule has 0 aliphatic heterocycles. The lowest BCUT2D eigenvalue weighted by Gasteiger charge is -2.26. The fourth-order valence-electron chi connectivity index (χ4n) is 1.55.